The van der Waals surface area contributed by atoms with Crippen LogP contribution in [-0.2, 0) is 6.54 Å². The maximum absolute atomic E-state index is 12.6. The number of aromatic nitrogens is 2. The molecule has 0 fully saturated rings. The summed E-state index contributed by atoms with van der Waals surface area (Å²) in [5.41, 5.74) is -1.35. The molecule has 1 aromatic heterocycles. The van der Waals surface area contributed by atoms with Gasteiger partial charge in [-0.3, -0.25) is 9.36 Å². The molecule has 0 aromatic carbocycles. The molecule has 0 saturated carbocycles. The van der Waals surface area contributed by atoms with Crippen molar-refractivity contribution in [2.75, 3.05) is 0 Å². The molecule has 0 aliphatic rings. The van der Waals surface area contributed by atoms with Crippen LogP contribution in [0.15, 0.2) is 21.9 Å². The highest BCUT2D eigenvalue weighted by molar-refractivity contribution is 4.84. The summed E-state index contributed by atoms with van der Waals surface area (Å²) in [6.45, 7) is 2.21. The lowest BCUT2D eigenvalue weighted by molar-refractivity contribution is 0.325. The normalized spacial score (nSPS) is 10.3. The van der Waals surface area contributed by atoms with E-state index in [9.17, 15) is 14.1 Å². The van der Waals surface area contributed by atoms with Crippen molar-refractivity contribution in [3.05, 3.63) is 33.1 Å². The molecule has 72 valence electrons. The van der Waals surface area contributed by atoms with E-state index in [2.05, 4.69) is 0 Å². The van der Waals surface area contributed by atoms with Gasteiger partial charge < -0.3 is 0 Å². The molecule has 0 N–H and O–H groups in total. The van der Waals surface area contributed by atoms with Crippen LogP contribution in [0.3, 0.4) is 0 Å². The van der Waals surface area contributed by atoms with Crippen molar-refractivity contribution in [3.8, 4) is 0 Å². The smallest absolute Gasteiger partial charge is 0.269 e. The summed E-state index contributed by atoms with van der Waals surface area (Å²) in [5.74, 6) is 0. The van der Waals surface area contributed by atoms with E-state index in [0.717, 1.165) is 23.3 Å². The Bertz CT molecular complexity index is 394. The van der Waals surface area contributed by atoms with Gasteiger partial charge in [-0.2, -0.15) is 0 Å². The zero-order valence-corrected chi connectivity index (χ0v) is 7.36. The molecule has 0 bridgehead atoms. The minimum atomic E-state index is -0.902. The van der Waals surface area contributed by atoms with Crippen LogP contribution in [0, 0.1) is 0 Å². The van der Waals surface area contributed by atoms with Crippen LogP contribution in [0.25, 0.3) is 0 Å². The third kappa shape index (κ3) is 2.05. The van der Waals surface area contributed by atoms with Gasteiger partial charge in [-0.15, -0.1) is 4.79 Å². The Balaban J connectivity index is 3.11. The molecular formula is C8H11FN2O2. The number of nitrogens with zero attached hydrogens (tertiary/aromatic N) is 2. The highest BCUT2D eigenvalue weighted by atomic mass is 19.2. The van der Waals surface area contributed by atoms with Crippen molar-refractivity contribution >= 4 is 0 Å². The van der Waals surface area contributed by atoms with E-state index in [1.807, 2.05) is 6.92 Å². The summed E-state index contributed by atoms with van der Waals surface area (Å²) in [6.07, 6.45) is 2.37. The highest BCUT2D eigenvalue weighted by Crippen LogP contribution is 1.87. The fourth-order valence-electron chi connectivity index (χ4n) is 1.01. The molecule has 0 radical (unpaired) electrons. The first-order valence-electron chi connectivity index (χ1n) is 4.15. The van der Waals surface area contributed by atoms with Crippen LogP contribution in [0.4, 0.5) is 4.48 Å². The third-order valence-electron chi connectivity index (χ3n) is 1.76. The quantitative estimate of drug-likeness (QED) is 0.691. The van der Waals surface area contributed by atoms with E-state index in [4.69, 9.17) is 0 Å². The Labute approximate surface area is 74.2 Å². The van der Waals surface area contributed by atoms with Gasteiger partial charge in [0.25, 0.3) is 5.56 Å². The molecule has 1 aromatic rings. The largest absolute Gasteiger partial charge is 0.359 e. The maximum atomic E-state index is 12.6. The van der Waals surface area contributed by atoms with E-state index in [1.165, 1.54) is 0 Å². The van der Waals surface area contributed by atoms with Crippen molar-refractivity contribution in [2.45, 2.75) is 26.3 Å². The standard InChI is InChI=1S/C8H11FN2O2/c1-2-3-5-10-7(12)4-6-11(9)8(10)13/h4,6H,2-3,5H2,1H3. The summed E-state index contributed by atoms with van der Waals surface area (Å²) in [6, 6.07) is 1.04. The highest BCUT2D eigenvalue weighted by Gasteiger charge is 2.02. The predicted molar refractivity (Wildman–Crippen MR) is 46.4 cm³/mol. The Morgan fingerprint density at radius 1 is 1.46 bits per heavy atom. The zero-order chi connectivity index (χ0) is 9.84. The summed E-state index contributed by atoms with van der Waals surface area (Å²) in [7, 11) is 0. The first-order valence-corrected chi connectivity index (χ1v) is 4.15. The first-order chi connectivity index (χ1) is 6.16. The lowest BCUT2D eigenvalue weighted by Crippen LogP contribution is -2.36. The van der Waals surface area contributed by atoms with E-state index in [1.54, 1.807) is 0 Å². The van der Waals surface area contributed by atoms with Crippen molar-refractivity contribution in [2.24, 2.45) is 0 Å². The third-order valence-corrected chi connectivity index (χ3v) is 1.76. The van der Waals surface area contributed by atoms with Gasteiger partial charge in [-0.1, -0.05) is 17.8 Å². The van der Waals surface area contributed by atoms with Crippen molar-refractivity contribution in [3.63, 3.8) is 0 Å². The average molecular weight is 186 g/mol. The van der Waals surface area contributed by atoms with Crippen LogP contribution in [-0.4, -0.2) is 9.36 Å². The Hall–Kier alpha value is -1.39. The van der Waals surface area contributed by atoms with Gasteiger partial charge in [0.1, 0.15) is 0 Å². The van der Waals surface area contributed by atoms with E-state index in [0.29, 0.717) is 6.42 Å². The van der Waals surface area contributed by atoms with Crippen LogP contribution in [0.1, 0.15) is 19.8 Å². The van der Waals surface area contributed by atoms with Crippen LogP contribution >= 0.6 is 0 Å². The fraction of sp³-hybridized carbons (Fsp3) is 0.500. The first kappa shape index (κ1) is 9.70. The van der Waals surface area contributed by atoms with Crippen LogP contribution in [0.2, 0.25) is 0 Å². The monoisotopic (exact) mass is 186 g/mol. The Morgan fingerprint density at radius 2 is 2.15 bits per heavy atom. The summed E-state index contributed by atoms with van der Waals surface area (Å²) in [5, 5.41) is 0. The van der Waals surface area contributed by atoms with Gasteiger partial charge in [0.2, 0.25) is 0 Å². The summed E-state index contributed by atoms with van der Waals surface area (Å²) < 4.78 is 13.5. The lowest BCUT2D eigenvalue weighted by atomic mass is 10.3. The number of halogens is 1. The molecule has 1 heterocycles. The topological polar surface area (TPSA) is 44.0 Å². The Morgan fingerprint density at radius 3 is 2.77 bits per heavy atom. The number of rotatable bonds is 3. The fourth-order valence-corrected chi connectivity index (χ4v) is 1.01. The number of hydrogen-bond acceptors (Lipinski definition) is 2. The SMILES string of the molecule is CCCCn1c(=O)ccn(F)c1=O. The van der Waals surface area contributed by atoms with Gasteiger partial charge >= 0.3 is 5.69 Å². The summed E-state index contributed by atoms with van der Waals surface area (Å²) in [4.78, 5) is 22.0. The molecule has 0 spiro atoms. The average Bonchev–Trinajstić information content (AvgIpc) is 2.12. The van der Waals surface area contributed by atoms with Gasteiger partial charge in [0.15, 0.2) is 0 Å². The van der Waals surface area contributed by atoms with E-state index < -0.39 is 11.2 Å². The molecule has 1 rings (SSSR count). The van der Waals surface area contributed by atoms with Crippen molar-refractivity contribution < 1.29 is 4.48 Å². The lowest BCUT2D eigenvalue weighted by Gasteiger charge is -2.02. The summed E-state index contributed by atoms with van der Waals surface area (Å²) >= 11 is 0. The van der Waals surface area contributed by atoms with Gasteiger partial charge in [0.05, 0.1) is 0 Å². The number of hydrogen-bond donors (Lipinski definition) is 0. The van der Waals surface area contributed by atoms with Gasteiger partial charge in [0, 0.05) is 18.8 Å². The number of unbranched alkanes of at least 4 members (excludes halogenated alkanes) is 1. The van der Waals surface area contributed by atoms with Crippen LogP contribution in [0.5, 0.6) is 0 Å². The molecule has 5 heteroatoms. The Kier molecular flexibility index (Phi) is 3.00. The van der Waals surface area contributed by atoms with E-state index in [-0.39, 0.29) is 11.3 Å². The second kappa shape index (κ2) is 4.02. The molecular weight excluding hydrogens is 175 g/mol. The zero-order valence-electron chi connectivity index (χ0n) is 7.36. The molecule has 0 amide bonds. The van der Waals surface area contributed by atoms with Crippen LogP contribution < -0.4 is 11.2 Å². The molecule has 4 nitrogen and oxygen atoms in total. The van der Waals surface area contributed by atoms with Crippen molar-refractivity contribution in [1.29, 1.82) is 0 Å². The molecule has 0 saturated heterocycles. The minimum absolute atomic E-state index is 0.0863. The second-order valence-electron chi connectivity index (χ2n) is 2.75. The van der Waals surface area contributed by atoms with Crippen molar-refractivity contribution in [1.82, 2.24) is 9.36 Å². The molecule has 0 atom stereocenters. The molecule has 0 aliphatic carbocycles. The molecule has 0 aliphatic heterocycles. The minimum Gasteiger partial charge on any atom is -0.269 e. The van der Waals surface area contributed by atoms with Gasteiger partial charge in [-0.05, 0) is 6.42 Å². The molecule has 13 heavy (non-hydrogen) atoms. The van der Waals surface area contributed by atoms with Gasteiger partial charge in [-0.25, -0.2) is 4.79 Å². The molecule has 0 unspecified atom stereocenters. The maximum Gasteiger partial charge on any atom is 0.359 e. The predicted octanol–water partition coefficient (Wildman–Crippen LogP) is 0.543. The second-order valence-corrected chi connectivity index (χ2v) is 2.75. The van der Waals surface area contributed by atoms with E-state index >= 15 is 0 Å².